The molecule has 2 aromatic heterocycles. The van der Waals surface area contributed by atoms with E-state index < -0.39 is 32.6 Å². The highest BCUT2D eigenvalue weighted by Gasteiger charge is 2.33. The SMILES string of the molecule is CS(=O)(=O)CCNCc1ccc(-c2ccc3ncnc(Nc4cccc(NC(=O)Nc5ccc(Cl)c(C(F)(F)F)c5)c4)c3c2)o1. The predicted molar refractivity (Wildman–Crippen MR) is 167 cm³/mol. The van der Waals surface area contributed by atoms with E-state index in [2.05, 4.69) is 31.2 Å². The molecule has 3 aromatic carbocycles. The number of amides is 2. The molecular formula is C30H26ClF3N6O4S. The molecule has 0 aliphatic carbocycles. The minimum atomic E-state index is -4.67. The van der Waals surface area contributed by atoms with Crippen LogP contribution in [0.3, 0.4) is 0 Å². The van der Waals surface area contributed by atoms with Gasteiger partial charge in [0.05, 0.1) is 28.4 Å². The van der Waals surface area contributed by atoms with E-state index in [1.165, 1.54) is 18.6 Å². The number of carbonyl (C=O) groups is 1. The number of rotatable bonds is 10. The predicted octanol–water partition coefficient (Wildman–Crippen LogP) is 7.08. The second-order valence-electron chi connectivity index (χ2n) is 10.0. The molecule has 0 atom stereocenters. The van der Waals surface area contributed by atoms with Crippen LogP contribution in [0.1, 0.15) is 11.3 Å². The number of hydrogen-bond donors (Lipinski definition) is 4. The lowest BCUT2D eigenvalue weighted by Gasteiger charge is -2.13. The Labute approximate surface area is 260 Å². The summed E-state index contributed by atoms with van der Waals surface area (Å²) in [6.07, 6.45) is -2.07. The molecule has 0 bridgehead atoms. The Morgan fingerprint density at radius 2 is 1.69 bits per heavy atom. The molecule has 234 valence electrons. The molecule has 0 spiro atoms. The topological polar surface area (TPSA) is 138 Å². The van der Waals surface area contributed by atoms with E-state index in [0.717, 1.165) is 17.7 Å². The Bertz CT molecular complexity index is 1970. The van der Waals surface area contributed by atoms with Crippen molar-refractivity contribution in [1.82, 2.24) is 15.3 Å². The standard InChI is InChI=1S/C30H26ClF3N6O4S/c1-45(42,43)12-11-35-16-22-7-10-27(44-22)18-5-9-26-23(13-18)28(37-17-36-26)38-19-3-2-4-20(14-19)39-29(41)40-21-6-8-25(31)24(15-21)30(32,33)34/h2-10,13-15,17,35H,11-12,16H2,1H3,(H,36,37,38)(H2,39,40,41). The number of fused-ring (bicyclic) bond motifs is 1. The van der Waals surface area contributed by atoms with Gasteiger partial charge in [-0.25, -0.2) is 23.2 Å². The van der Waals surface area contributed by atoms with Crippen LogP contribution in [0, 0.1) is 0 Å². The van der Waals surface area contributed by atoms with Crippen molar-refractivity contribution in [2.75, 3.05) is 34.5 Å². The zero-order valence-corrected chi connectivity index (χ0v) is 25.1. The van der Waals surface area contributed by atoms with Crippen LogP contribution < -0.4 is 21.3 Å². The Hall–Kier alpha value is -4.66. The first-order valence-electron chi connectivity index (χ1n) is 13.4. The fraction of sp³-hybridized carbons (Fsp3) is 0.167. The highest BCUT2D eigenvalue weighted by molar-refractivity contribution is 7.90. The summed E-state index contributed by atoms with van der Waals surface area (Å²) in [5.41, 5.74) is 1.25. The van der Waals surface area contributed by atoms with Crippen LogP contribution >= 0.6 is 11.6 Å². The molecule has 0 radical (unpaired) electrons. The lowest BCUT2D eigenvalue weighted by molar-refractivity contribution is -0.137. The van der Waals surface area contributed by atoms with Gasteiger partial charge >= 0.3 is 12.2 Å². The van der Waals surface area contributed by atoms with Gasteiger partial charge in [0.1, 0.15) is 33.5 Å². The minimum absolute atomic E-state index is 0.0305. The number of alkyl halides is 3. The van der Waals surface area contributed by atoms with Crippen molar-refractivity contribution >= 4 is 61.3 Å². The van der Waals surface area contributed by atoms with Crippen LogP contribution in [-0.2, 0) is 22.6 Å². The van der Waals surface area contributed by atoms with Gasteiger partial charge in [0.2, 0.25) is 0 Å². The van der Waals surface area contributed by atoms with Crippen molar-refractivity contribution in [3.63, 3.8) is 0 Å². The Balaban J connectivity index is 1.28. The highest BCUT2D eigenvalue weighted by Crippen LogP contribution is 2.36. The number of nitrogens with zero attached hydrogens (tertiary/aromatic N) is 2. The Kier molecular flexibility index (Phi) is 9.27. The van der Waals surface area contributed by atoms with E-state index in [4.69, 9.17) is 16.0 Å². The lowest BCUT2D eigenvalue weighted by atomic mass is 10.1. The van der Waals surface area contributed by atoms with Gasteiger partial charge in [-0.15, -0.1) is 0 Å². The molecular weight excluding hydrogens is 633 g/mol. The fourth-order valence-electron chi connectivity index (χ4n) is 4.33. The molecule has 0 saturated heterocycles. The number of anilines is 4. The van der Waals surface area contributed by atoms with E-state index in [9.17, 15) is 26.4 Å². The molecule has 2 amide bonds. The Morgan fingerprint density at radius 1 is 0.933 bits per heavy atom. The third-order valence-corrected chi connectivity index (χ3v) is 7.72. The molecule has 45 heavy (non-hydrogen) atoms. The summed E-state index contributed by atoms with van der Waals surface area (Å²) in [5.74, 6) is 1.76. The van der Waals surface area contributed by atoms with Gasteiger partial charge in [0.15, 0.2) is 0 Å². The second kappa shape index (κ2) is 13.1. The number of benzene rings is 3. The van der Waals surface area contributed by atoms with Crippen LogP contribution in [-0.4, -0.2) is 43.0 Å². The molecule has 5 rings (SSSR count). The van der Waals surface area contributed by atoms with Crippen molar-refractivity contribution in [3.05, 3.63) is 95.5 Å². The van der Waals surface area contributed by atoms with E-state index in [1.54, 1.807) is 24.3 Å². The first kappa shape index (κ1) is 31.8. The number of sulfone groups is 1. The molecule has 0 saturated carbocycles. The molecule has 5 aromatic rings. The minimum Gasteiger partial charge on any atom is -0.460 e. The third kappa shape index (κ3) is 8.50. The molecule has 0 unspecified atom stereocenters. The normalized spacial score (nSPS) is 11.8. The summed E-state index contributed by atoms with van der Waals surface area (Å²) in [6.45, 7) is 0.680. The van der Waals surface area contributed by atoms with Crippen molar-refractivity contribution in [3.8, 4) is 11.3 Å². The largest absolute Gasteiger partial charge is 0.460 e. The van der Waals surface area contributed by atoms with Gasteiger partial charge < -0.3 is 25.7 Å². The molecule has 0 aliphatic rings. The zero-order valence-electron chi connectivity index (χ0n) is 23.6. The van der Waals surface area contributed by atoms with Crippen LogP contribution in [0.2, 0.25) is 5.02 Å². The number of urea groups is 1. The van der Waals surface area contributed by atoms with Crippen molar-refractivity contribution in [2.24, 2.45) is 0 Å². The number of nitrogens with one attached hydrogen (secondary N) is 4. The molecule has 0 fully saturated rings. The molecule has 10 nitrogen and oxygen atoms in total. The van der Waals surface area contributed by atoms with Gasteiger partial charge in [-0.2, -0.15) is 13.2 Å². The van der Waals surface area contributed by atoms with E-state index >= 15 is 0 Å². The smallest absolute Gasteiger partial charge is 0.417 e. The summed E-state index contributed by atoms with van der Waals surface area (Å²) in [5, 5.41) is 11.5. The monoisotopic (exact) mass is 658 g/mol. The van der Waals surface area contributed by atoms with E-state index in [0.29, 0.717) is 52.7 Å². The van der Waals surface area contributed by atoms with Gasteiger partial charge in [0, 0.05) is 40.8 Å². The van der Waals surface area contributed by atoms with Crippen LogP contribution in [0.25, 0.3) is 22.2 Å². The van der Waals surface area contributed by atoms with E-state index in [1.807, 2.05) is 30.3 Å². The van der Waals surface area contributed by atoms with Crippen molar-refractivity contribution in [1.29, 1.82) is 0 Å². The third-order valence-electron chi connectivity index (χ3n) is 6.44. The van der Waals surface area contributed by atoms with Crippen LogP contribution in [0.4, 0.5) is 40.8 Å². The Morgan fingerprint density at radius 3 is 2.44 bits per heavy atom. The molecule has 0 aliphatic heterocycles. The molecule has 15 heteroatoms. The quantitative estimate of drug-likeness (QED) is 0.117. The maximum atomic E-state index is 13.2. The van der Waals surface area contributed by atoms with Crippen molar-refractivity contribution in [2.45, 2.75) is 12.7 Å². The number of aromatic nitrogens is 2. The number of hydrogen-bond acceptors (Lipinski definition) is 8. The second-order valence-corrected chi connectivity index (χ2v) is 12.7. The first-order valence-corrected chi connectivity index (χ1v) is 15.8. The average Bonchev–Trinajstić information content (AvgIpc) is 3.44. The maximum Gasteiger partial charge on any atom is 0.417 e. The molecule has 2 heterocycles. The highest BCUT2D eigenvalue weighted by atomic mass is 35.5. The summed E-state index contributed by atoms with van der Waals surface area (Å²) < 4.78 is 68.1. The van der Waals surface area contributed by atoms with Crippen LogP contribution in [0.5, 0.6) is 0 Å². The van der Waals surface area contributed by atoms with Crippen LogP contribution in [0.15, 0.2) is 83.5 Å². The lowest BCUT2D eigenvalue weighted by Crippen LogP contribution is -2.21. The average molecular weight is 659 g/mol. The number of carbonyl (C=O) groups excluding carboxylic acids is 1. The molecule has 4 N–H and O–H groups in total. The summed E-state index contributed by atoms with van der Waals surface area (Å²) in [6, 6.07) is 18.2. The summed E-state index contributed by atoms with van der Waals surface area (Å²) in [7, 11) is -3.06. The maximum absolute atomic E-state index is 13.2. The van der Waals surface area contributed by atoms with Gasteiger partial charge in [-0.3, -0.25) is 0 Å². The number of halogens is 4. The zero-order chi connectivity index (χ0) is 32.2. The summed E-state index contributed by atoms with van der Waals surface area (Å²) in [4.78, 5) is 21.3. The fourth-order valence-corrected chi connectivity index (χ4v) is 5.07. The first-order chi connectivity index (χ1) is 21.3. The van der Waals surface area contributed by atoms with Crippen molar-refractivity contribution < 1.29 is 30.8 Å². The summed E-state index contributed by atoms with van der Waals surface area (Å²) >= 11 is 5.65. The van der Waals surface area contributed by atoms with Gasteiger partial charge in [0.25, 0.3) is 0 Å². The van der Waals surface area contributed by atoms with E-state index in [-0.39, 0.29) is 11.4 Å². The van der Waals surface area contributed by atoms with Gasteiger partial charge in [-0.05, 0) is 66.7 Å². The number of furan rings is 1. The van der Waals surface area contributed by atoms with Gasteiger partial charge in [-0.1, -0.05) is 17.7 Å².